The summed E-state index contributed by atoms with van der Waals surface area (Å²) in [6.45, 7) is 6.35. The first-order valence-corrected chi connectivity index (χ1v) is 7.69. The number of hydrogen-bond donors (Lipinski definition) is 1. The Morgan fingerprint density at radius 2 is 2.25 bits per heavy atom. The first-order chi connectivity index (χ1) is 9.65. The minimum absolute atomic E-state index is 0.215. The number of hydrogen-bond acceptors (Lipinski definition) is 3. The van der Waals surface area contributed by atoms with Gasteiger partial charge in [-0.2, -0.15) is 5.10 Å². The second kappa shape index (κ2) is 5.56. The van der Waals surface area contributed by atoms with Crippen molar-refractivity contribution < 1.29 is 4.79 Å². The van der Waals surface area contributed by atoms with Gasteiger partial charge in [0.2, 0.25) is 5.91 Å². The van der Waals surface area contributed by atoms with Crippen LogP contribution in [0.5, 0.6) is 0 Å². The Balaban J connectivity index is 1.68. The molecule has 5 nitrogen and oxygen atoms in total. The fraction of sp³-hybridized carbons (Fsp3) is 0.733. The molecule has 2 saturated heterocycles. The van der Waals surface area contributed by atoms with E-state index in [1.54, 1.807) is 0 Å². The van der Waals surface area contributed by atoms with Gasteiger partial charge in [0.05, 0.1) is 5.69 Å². The molecule has 1 N–H and O–H groups in total. The molecule has 0 radical (unpaired) electrons. The summed E-state index contributed by atoms with van der Waals surface area (Å²) >= 11 is 0. The second-order valence-electron chi connectivity index (χ2n) is 6.08. The van der Waals surface area contributed by atoms with Crippen LogP contribution in [0.15, 0.2) is 6.07 Å². The van der Waals surface area contributed by atoms with Gasteiger partial charge in [-0.3, -0.25) is 9.48 Å². The van der Waals surface area contributed by atoms with E-state index in [1.165, 1.54) is 12.8 Å². The maximum Gasteiger partial charge on any atom is 0.244 e. The number of aromatic nitrogens is 2. The Labute approximate surface area is 120 Å². The summed E-state index contributed by atoms with van der Waals surface area (Å²) in [7, 11) is 0. The van der Waals surface area contributed by atoms with E-state index >= 15 is 0 Å². The first kappa shape index (κ1) is 13.6. The van der Waals surface area contributed by atoms with Gasteiger partial charge in [-0.25, -0.2) is 0 Å². The van der Waals surface area contributed by atoms with Crippen LogP contribution in [0.1, 0.15) is 37.1 Å². The van der Waals surface area contributed by atoms with Crippen molar-refractivity contribution in [2.75, 3.05) is 13.1 Å². The molecule has 2 unspecified atom stereocenters. The van der Waals surface area contributed by atoms with Crippen molar-refractivity contribution in [2.45, 2.75) is 58.2 Å². The molecule has 2 fully saturated rings. The SMILES string of the molecule is Cc1cc(C)n(CC(=O)N2CCCC2C2CCCN2)n1. The van der Waals surface area contributed by atoms with Crippen molar-refractivity contribution in [3.8, 4) is 0 Å². The zero-order chi connectivity index (χ0) is 14.1. The summed E-state index contributed by atoms with van der Waals surface area (Å²) in [5.41, 5.74) is 2.04. The van der Waals surface area contributed by atoms with E-state index < -0.39 is 0 Å². The normalized spacial score (nSPS) is 26.4. The molecule has 5 heteroatoms. The zero-order valence-corrected chi connectivity index (χ0v) is 12.4. The molecule has 2 aliphatic heterocycles. The van der Waals surface area contributed by atoms with Crippen molar-refractivity contribution >= 4 is 5.91 Å². The van der Waals surface area contributed by atoms with E-state index in [1.807, 2.05) is 24.6 Å². The monoisotopic (exact) mass is 276 g/mol. The average molecular weight is 276 g/mol. The molecule has 0 saturated carbocycles. The highest BCUT2D eigenvalue weighted by atomic mass is 16.2. The van der Waals surface area contributed by atoms with Crippen LogP contribution in [0.25, 0.3) is 0 Å². The maximum atomic E-state index is 12.6. The first-order valence-electron chi connectivity index (χ1n) is 7.69. The molecule has 2 aliphatic rings. The summed E-state index contributed by atoms with van der Waals surface area (Å²) in [4.78, 5) is 14.7. The third kappa shape index (κ3) is 2.59. The zero-order valence-electron chi connectivity index (χ0n) is 12.4. The smallest absolute Gasteiger partial charge is 0.244 e. The van der Waals surface area contributed by atoms with E-state index in [-0.39, 0.29) is 5.91 Å². The predicted molar refractivity (Wildman–Crippen MR) is 77.5 cm³/mol. The molecule has 0 aliphatic carbocycles. The summed E-state index contributed by atoms with van der Waals surface area (Å²) < 4.78 is 1.83. The minimum atomic E-state index is 0.215. The van der Waals surface area contributed by atoms with Crippen LogP contribution in [0.2, 0.25) is 0 Å². The number of carbonyl (C=O) groups excluding carboxylic acids is 1. The Bertz CT molecular complexity index is 490. The third-order valence-corrected chi connectivity index (χ3v) is 4.57. The fourth-order valence-electron chi connectivity index (χ4n) is 3.61. The van der Waals surface area contributed by atoms with Crippen LogP contribution in [-0.2, 0) is 11.3 Å². The minimum Gasteiger partial charge on any atom is -0.337 e. The molecule has 110 valence electrons. The number of aryl methyl sites for hydroxylation is 2. The highest BCUT2D eigenvalue weighted by molar-refractivity contribution is 5.76. The Morgan fingerprint density at radius 3 is 2.90 bits per heavy atom. The summed E-state index contributed by atoms with van der Waals surface area (Å²) in [5, 5.41) is 7.94. The summed E-state index contributed by atoms with van der Waals surface area (Å²) in [5.74, 6) is 0.215. The van der Waals surface area contributed by atoms with E-state index in [0.717, 1.165) is 37.3 Å². The van der Waals surface area contributed by atoms with Gasteiger partial charge in [0.15, 0.2) is 0 Å². The Hall–Kier alpha value is -1.36. The fourth-order valence-corrected chi connectivity index (χ4v) is 3.61. The van der Waals surface area contributed by atoms with Gasteiger partial charge in [0.1, 0.15) is 6.54 Å². The molecule has 3 heterocycles. The van der Waals surface area contributed by atoms with Crippen LogP contribution < -0.4 is 5.32 Å². The molecule has 2 atom stereocenters. The molecule has 3 rings (SSSR count). The molecule has 1 aromatic heterocycles. The van der Waals surface area contributed by atoms with Crippen LogP contribution >= 0.6 is 0 Å². The number of carbonyl (C=O) groups is 1. The number of likely N-dealkylation sites (tertiary alicyclic amines) is 1. The van der Waals surface area contributed by atoms with Crippen molar-refractivity contribution in [3.63, 3.8) is 0 Å². The van der Waals surface area contributed by atoms with Crippen molar-refractivity contribution in [1.82, 2.24) is 20.0 Å². The average Bonchev–Trinajstić information content (AvgIpc) is 3.11. The molecule has 1 amide bonds. The number of nitrogens with one attached hydrogen (secondary N) is 1. The molecule has 1 aromatic rings. The predicted octanol–water partition coefficient (Wildman–Crippen LogP) is 1.24. The van der Waals surface area contributed by atoms with Gasteiger partial charge in [-0.05, 0) is 52.1 Å². The molecule has 20 heavy (non-hydrogen) atoms. The second-order valence-corrected chi connectivity index (χ2v) is 6.08. The molecular formula is C15H24N4O. The lowest BCUT2D eigenvalue weighted by Gasteiger charge is -2.29. The number of nitrogens with zero attached hydrogens (tertiary/aromatic N) is 3. The highest BCUT2D eigenvalue weighted by Gasteiger charge is 2.35. The van der Waals surface area contributed by atoms with E-state index in [0.29, 0.717) is 18.6 Å². The third-order valence-electron chi connectivity index (χ3n) is 4.57. The highest BCUT2D eigenvalue weighted by Crippen LogP contribution is 2.25. The van der Waals surface area contributed by atoms with Crippen molar-refractivity contribution in [3.05, 3.63) is 17.5 Å². The van der Waals surface area contributed by atoms with Crippen LogP contribution in [-0.4, -0.2) is 45.8 Å². The van der Waals surface area contributed by atoms with Crippen molar-refractivity contribution in [1.29, 1.82) is 0 Å². The Morgan fingerprint density at radius 1 is 1.40 bits per heavy atom. The van der Waals surface area contributed by atoms with Crippen LogP contribution in [0, 0.1) is 13.8 Å². The van der Waals surface area contributed by atoms with Gasteiger partial charge in [-0.1, -0.05) is 0 Å². The van der Waals surface area contributed by atoms with Crippen molar-refractivity contribution in [2.24, 2.45) is 0 Å². The lowest BCUT2D eigenvalue weighted by Crippen LogP contribution is -2.47. The Kier molecular flexibility index (Phi) is 3.78. The van der Waals surface area contributed by atoms with Crippen LogP contribution in [0.4, 0.5) is 0 Å². The topological polar surface area (TPSA) is 50.2 Å². The largest absolute Gasteiger partial charge is 0.337 e. The van der Waals surface area contributed by atoms with Gasteiger partial charge in [-0.15, -0.1) is 0 Å². The summed E-state index contributed by atoms with van der Waals surface area (Å²) in [6, 6.07) is 2.91. The number of amides is 1. The molecule has 0 bridgehead atoms. The molecular weight excluding hydrogens is 252 g/mol. The van der Waals surface area contributed by atoms with E-state index in [9.17, 15) is 4.79 Å². The van der Waals surface area contributed by atoms with Crippen LogP contribution in [0.3, 0.4) is 0 Å². The molecule has 0 spiro atoms. The maximum absolute atomic E-state index is 12.6. The van der Waals surface area contributed by atoms with E-state index in [4.69, 9.17) is 0 Å². The standard InChI is InChI=1S/C15H24N4O/c1-11-9-12(2)19(17-11)10-15(20)18-8-4-6-14(18)13-5-3-7-16-13/h9,13-14,16H,3-8,10H2,1-2H3. The van der Waals surface area contributed by atoms with Gasteiger partial charge >= 0.3 is 0 Å². The number of rotatable bonds is 3. The van der Waals surface area contributed by atoms with E-state index in [2.05, 4.69) is 15.3 Å². The lowest BCUT2D eigenvalue weighted by molar-refractivity contribution is -0.133. The van der Waals surface area contributed by atoms with Gasteiger partial charge in [0.25, 0.3) is 0 Å². The lowest BCUT2D eigenvalue weighted by atomic mass is 10.0. The van der Waals surface area contributed by atoms with Gasteiger partial charge in [0, 0.05) is 24.3 Å². The molecule has 0 aromatic carbocycles. The quantitative estimate of drug-likeness (QED) is 0.904. The summed E-state index contributed by atoms with van der Waals surface area (Å²) in [6.07, 6.45) is 4.71. The van der Waals surface area contributed by atoms with Gasteiger partial charge < -0.3 is 10.2 Å².